The maximum absolute atomic E-state index is 12.9. The first-order chi connectivity index (χ1) is 10.8. The van der Waals surface area contributed by atoms with E-state index in [-0.39, 0.29) is 5.02 Å². The van der Waals surface area contributed by atoms with Gasteiger partial charge in [0.15, 0.2) is 6.61 Å². The molecule has 0 aliphatic rings. The van der Waals surface area contributed by atoms with Crippen molar-refractivity contribution in [3.8, 4) is 5.75 Å². The van der Waals surface area contributed by atoms with Crippen molar-refractivity contribution in [2.75, 3.05) is 11.9 Å². The Morgan fingerprint density at radius 2 is 1.87 bits per heavy atom. The largest absolute Gasteiger partial charge is 0.483 e. The number of halogens is 5. The lowest BCUT2D eigenvalue weighted by Crippen LogP contribution is -2.22. The van der Waals surface area contributed by atoms with Crippen molar-refractivity contribution < 1.29 is 22.7 Å². The van der Waals surface area contributed by atoms with Gasteiger partial charge in [-0.3, -0.25) is 4.79 Å². The lowest BCUT2D eigenvalue weighted by Gasteiger charge is -2.15. The average Bonchev–Trinajstić information content (AvgIpc) is 2.47. The molecule has 3 nitrogen and oxygen atoms in total. The molecule has 0 heterocycles. The van der Waals surface area contributed by atoms with Crippen LogP contribution in [-0.2, 0) is 11.0 Å². The predicted molar refractivity (Wildman–Crippen MR) is 89.7 cm³/mol. The lowest BCUT2D eigenvalue weighted by atomic mass is 10.1. The maximum Gasteiger partial charge on any atom is 0.418 e. The Morgan fingerprint density at radius 1 is 1.17 bits per heavy atom. The third-order valence-corrected chi connectivity index (χ3v) is 3.99. The molecule has 0 radical (unpaired) electrons. The molecule has 0 saturated carbocycles. The molecular formula is C15H10ClF3INO2. The van der Waals surface area contributed by atoms with Crippen molar-refractivity contribution in [1.29, 1.82) is 0 Å². The number of rotatable bonds is 4. The smallest absolute Gasteiger partial charge is 0.418 e. The van der Waals surface area contributed by atoms with Crippen molar-refractivity contribution in [3.05, 3.63) is 56.6 Å². The summed E-state index contributed by atoms with van der Waals surface area (Å²) in [5.41, 5.74) is -1.48. The van der Waals surface area contributed by atoms with Gasteiger partial charge in [0.2, 0.25) is 0 Å². The lowest BCUT2D eigenvalue weighted by molar-refractivity contribution is -0.137. The minimum atomic E-state index is -4.62. The highest BCUT2D eigenvalue weighted by Crippen LogP contribution is 2.38. The second-order valence-electron chi connectivity index (χ2n) is 4.43. The molecule has 2 aromatic carbocycles. The standard InChI is InChI=1S/C15H10ClF3INO2/c16-10-5-3-4-9(15(17,18)19)14(10)21-13(22)8-23-12-7-2-1-6-11(12)20/h1-7H,8H2,(H,21,22). The zero-order valence-corrected chi connectivity index (χ0v) is 14.4. The van der Waals surface area contributed by atoms with Crippen molar-refractivity contribution in [1.82, 2.24) is 0 Å². The van der Waals surface area contributed by atoms with Gasteiger partial charge in [0.05, 0.1) is 19.8 Å². The number of para-hydroxylation sites is 2. The summed E-state index contributed by atoms with van der Waals surface area (Å²) in [4.78, 5) is 11.9. The SMILES string of the molecule is O=C(COc1ccccc1I)Nc1c(Cl)cccc1C(F)(F)F. The molecule has 23 heavy (non-hydrogen) atoms. The van der Waals surface area contributed by atoms with Crippen LogP contribution in [0, 0.1) is 3.57 Å². The second kappa shape index (κ2) is 7.39. The average molecular weight is 456 g/mol. The fraction of sp³-hybridized carbons (Fsp3) is 0.133. The van der Waals surface area contributed by atoms with Gasteiger partial charge in [-0.15, -0.1) is 0 Å². The molecule has 0 saturated heterocycles. The van der Waals surface area contributed by atoms with Gasteiger partial charge < -0.3 is 10.1 Å². The molecule has 0 bridgehead atoms. The Bertz CT molecular complexity index is 722. The normalized spacial score (nSPS) is 11.2. The number of anilines is 1. The summed E-state index contributed by atoms with van der Waals surface area (Å²) in [6, 6.07) is 10.3. The summed E-state index contributed by atoms with van der Waals surface area (Å²) in [5, 5.41) is 1.96. The van der Waals surface area contributed by atoms with Crippen LogP contribution in [0.5, 0.6) is 5.75 Å². The number of ether oxygens (including phenoxy) is 1. The highest BCUT2D eigenvalue weighted by molar-refractivity contribution is 14.1. The van der Waals surface area contributed by atoms with E-state index in [2.05, 4.69) is 5.32 Å². The molecule has 8 heteroatoms. The number of carbonyl (C=O) groups is 1. The highest BCUT2D eigenvalue weighted by atomic mass is 127. The van der Waals surface area contributed by atoms with Gasteiger partial charge >= 0.3 is 6.18 Å². The summed E-state index contributed by atoms with van der Waals surface area (Å²) >= 11 is 7.79. The molecule has 1 N–H and O–H groups in total. The topological polar surface area (TPSA) is 38.3 Å². The van der Waals surface area contributed by atoms with Crippen LogP contribution in [0.1, 0.15) is 5.56 Å². The third-order valence-electron chi connectivity index (χ3n) is 2.78. The van der Waals surface area contributed by atoms with E-state index in [1.165, 1.54) is 12.1 Å². The van der Waals surface area contributed by atoms with E-state index < -0.39 is 29.9 Å². The molecule has 122 valence electrons. The van der Waals surface area contributed by atoms with Crippen molar-refractivity contribution in [2.24, 2.45) is 0 Å². The van der Waals surface area contributed by atoms with Crippen LogP contribution in [0.15, 0.2) is 42.5 Å². The molecular weight excluding hydrogens is 446 g/mol. The van der Waals surface area contributed by atoms with Crippen molar-refractivity contribution in [3.63, 3.8) is 0 Å². The van der Waals surface area contributed by atoms with Gasteiger partial charge in [-0.25, -0.2) is 0 Å². The van der Waals surface area contributed by atoms with Gasteiger partial charge in [-0.05, 0) is 46.9 Å². The Balaban J connectivity index is 2.11. The number of nitrogens with one attached hydrogen (secondary N) is 1. The van der Waals surface area contributed by atoms with E-state index in [0.29, 0.717) is 5.75 Å². The molecule has 0 fully saturated rings. The van der Waals surface area contributed by atoms with Gasteiger partial charge in [-0.2, -0.15) is 13.2 Å². The van der Waals surface area contributed by atoms with Gasteiger partial charge in [0.25, 0.3) is 5.91 Å². The van der Waals surface area contributed by atoms with E-state index in [1.807, 2.05) is 22.6 Å². The molecule has 0 spiro atoms. The molecule has 0 aliphatic heterocycles. The first-order valence-corrected chi connectivity index (χ1v) is 7.77. The number of carbonyl (C=O) groups excluding carboxylic acids is 1. The summed E-state index contributed by atoms with van der Waals surface area (Å²) in [6.07, 6.45) is -4.62. The first kappa shape index (κ1) is 17.9. The molecule has 0 unspecified atom stereocenters. The Labute approximate surface area is 148 Å². The summed E-state index contributed by atoms with van der Waals surface area (Å²) in [5.74, 6) is -0.262. The van der Waals surface area contributed by atoms with Crippen LogP contribution in [0.2, 0.25) is 5.02 Å². The molecule has 0 aliphatic carbocycles. The fourth-order valence-corrected chi connectivity index (χ4v) is 2.53. The Kier molecular flexibility index (Phi) is 5.74. The number of amides is 1. The summed E-state index contributed by atoms with van der Waals surface area (Å²) in [6.45, 7) is -0.428. The van der Waals surface area contributed by atoms with Crippen LogP contribution < -0.4 is 10.1 Å². The van der Waals surface area contributed by atoms with E-state index in [1.54, 1.807) is 24.3 Å². The highest BCUT2D eigenvalue weighted by Gasteiger charge is 2.34. The van der Waals surface area contributed by atoms with Crippen molar-refractivity contribution >= 4 is 45.8 Å². The molecule has 2 rings (SSSR count). The van der Waals surface area contributed by atoms with Crippen LogP contribution >= 0.6 is 34.2 Å². The van der Waals surface area contributed by atoms with E-state index in [9.17, 15) is 18.0 Å². The monoisotopic (exact) mass is 455 g/mol. The molecule has 2 aromatic rings. The van der Waals surface area contributed by atoms with Crippen LogP contribution in [0.25, 0.3) is 0 Å². The fourth-order valence-electron chi connectivity index (χ4n) is 1.77. The number of alkyl halides is 3. The quantitative estimate of drug-likeness (QED) is 0.661. The van der Waals surface area contributed by atoms with Gasteiger partial charge in [0, 0.05) is 0 Å². The molecule has 0 atom stereocenters. The third kappa shape index (κ3) is 4.74. The predicted octanol–water partition coefficient (Wildman–Crippen LogP) is 4.98. The second-order valence-corrected chi connectivity index (χ2v) is 6.00. The summed E-state index contributed by atoms with van der Waals surface area (Å²) < 4.78 is 44.9. The summed E-state index contributed by atoms with van der Waals surface area (Å²) in [7, 11) is 0. The zero-order valence-electron chi connectivity index (χ0n) is 11.5. The number of benzene rings is 2. The van der Waals surface area contributed by atoms with Crippen LogP contribution in [0.3, 0.4) is 0 Å². The Hall–Kier alpha value is -1.48. The van der Waals surface area contributed by atoms with Crippen LogP contribution in [-0.4, -0.2) is 12.5 Å². The number of hydrogen-bond acceptors (Lipinski definition) is 2. The first-order valence-electron chi connectivity index (χ1n) is 6.32. The van der Waals surface area contributed by atoms with E-state index >= 15 is 0 Å². The zero-order chi connectivity index (χ0) is 17.0. The van der Waals surface area contributed by atoms with Gasteiger partial charge in [0.1, 0.15) is 5.75 Å². The maximum atomic E-state index is 12.9. The van der Waals surface area contributed by atoms with Gasteiger partial charge in [-0.1, -0.05) is 29.8 Å². The van der Waals surface area contributed by atoms with Crippen LogP contribution in [0.4, 0.5) is 18.9 Å². The minimum absolute atomic E-state index is 0.192. The van der Waals surface area contributed by atoms with E-state index in [4.69, 9.17) is 16.3 Å². The Morgan fingerprint density at radius 3 is 2.52 bits per heavy atom. The molecule has 0 aromatic heterocycles. The minimum Gasteiger partial charge on any atom is -0.483 e. The van der Waals surface area contributed by atoms with E-state index in [0.717, 1.165) is 9.64 Å². The number of hydrogen-bond donors (Lipinski definition) is 1. The molecule has 1 amide bonds. The van der Waals surface area contributed by atoms with Crippen molar-refractivity contribution in [2.45, 2.75) is 6.18 Å².